The molecule has 1 amide bonds. The van der Waals surface area contributed by atoms with Crippen LogP contribution >= 0.6 is 11.6 Å². The van der Waals surface area contributed by atoms with E-state index >= 15 is 0 Å². The van der Waals surface area contributed by atoms with Crippen molar-refractivity contribution in [1.82, 2.24) is 9.80 Å². The number of β-amino-alcohol motifs (C(OH)–C–C–N with tert-alkyl or cyclic N) is 1. The van der Waals surface area contributed by atoms with E-state index in [1.807, 2.05) is 19.0 Å². The molecule has 1 aromatic carbocycles. The molecule has 6 heteroatoms. The van der Waals surface area contributed by atoms with Gasteiger partial charge in [0.15, 0.2) is 0 Å². The quantitative estimate of drug-likeness (QED) is 0.819. The summed E-state index contributed by atoms with van der Waals surface area (Å²) in [7, 11) is 3.90. The van der Waals surface area contributed by atoms with Gasteiger partial charge < -0.3 is 20.6 Å². The van der Waals surface area contributed by atoms with Gasteiger partial charge in [0.25, 0.3) is 5.91 Å². The molecular weight excluding hydrogens is 278 g/mol. The van der Waals surface area contributed by atoms with Crippen LogP contribution in [0.3, 0.4) is 0 Å². The molecule has 0 radical (unpaired) electrons. The number of nitrogen functional groups attached to an aromatic ring is 1. The minimum atomic E-state index is -0.465. The Morgan fingerprint density at radius 3 is 2.85 bits per heavy atom. The molecule has 2 atom stereocenters. The fourth-order valence-corrected chi connectivity index (χ4v) is 2.74. The number of benzene rings is 1. The molecule has 2 unspecified atom stereocenters. The van der Waals surface area contributed by atoms with Crippen LogP contribution in [-0.2, 0) is 0 Å². The highest BCUT2D eigenvalue weighted by molar-refractivity contribution is 6.33. The van der Waals surface area contributed by atoms with E-state index in [1.54, 1.807) is 23.1 Å². The first-order chi connectivity index (χ1) is 9.38. The summed E-state index contributed by atoms with van der Waals surface area (Å²) in [4.78, 5) is 16.3. The van der Waals surface area contributed by atoms with Crippen molar-refractivity contribution in [1.29, 1.82) is 0 Å². The van der Waals surface area contributed by atoms with Crippen molar-refractivity contribution in [3.63, 3.8) is 0 Å². The van der Waals surface area contributed by atoms with Crippen molar-refractivity contribution in [2.24, 2.45) is 0 Å². The van der Waals surface area contributed by atoms with Crippen LogP contribution < -0.4 is 5.73 Å². The highest BCUT2D eigenvalue weighted by Gasteiger charge is 2.34. The molecule has 20 heavy (non-hydrogen) atoms. The average Bonchev–Trinajstić information content (AvgIpc) is 2.72. The third-order valence-electron chi connectivity index (χ3n) is 3.48. The maximum absolute atomic E-state index is 12.5. The standard InChI is InChI=1S/C14H20ClN3O2/c1-17(2)7-10-6-11(19)8-18(10)14(20)9-3-4-13(16)12(15)5-9/h3-5,10-11,19H,6-8,16H2,1-2H3. The number of hydrogen-bond acceptors (Lipinski definition) is 4. The van der Waals surface area contributed by atoms with Crippen LogP contribution in [0.25, 0.3) is 0 Å². The maximum Gasteiger partial charge on any atom is 0.254 e. The Labute approximate surface area is 123 Å². The number of aliphatic hydroxyl groups excluding tert-OH is 1. The SMILES string of the molecule is CN(C)CC1CC(O)CN1C(=O)c1ccc(N)c(Cl)c1. The first-order valence-electron chi connectivity index (χ1n) is 6.57. The number of halogens is 1. The van der Waals surface area contributed by atoms with E-state index in [0.29, 0.717) is 29.2 Å². The van der Waals surface area contributed by atoms with E-state index in [0.717, 1.165) is 6.54 Å². The summed E-state index contributed by atoms with van der Waals surface area (Å²) >= 11 is 5.96. The van der Waals surface area contributed by atoms with Crippen molar-refractivity contribution in [3.05, 3.63) is 28.8 Å². The molecule has 0 aliphatic carbocycles. The van der Waals surface area contributed by atoms with Gasteiger partial charge in [-0.25, -0.2) is 0 Å². The Hall–Kier alpha value is -1.30. The molecule has 110 valence electrons. The van der Waals surface area contributed by atoms with Crippen LogP contribution in [0, 0.1) is 0 Å². The second-order valence-corrected chi connectivity index (χ2v) is 5.91. The van der Waals surface area contributed by atoms with Gasteiger partial charge in [-0.15, -0.1) is 0 Å². The van der Waals surface area contributed by atoms with E-state index in [9.17, 15) is 9.90 Å². The highest BCUT2D eigenvalue weighted by atomic mass is 35.5. The number of likely N-dealkylation sites (N-methyl/N-ethyl adjacent to an activating group) is 1. The van der Waals surface area contributed by atoms with Crippen molar-refractivity contribution in [2.75, 3.05) is 32.9 Å². The van der Waals surface area contributed by atoms with Crippen molar-refractivity contribution in [2.45, 2.75) is 18.6 Å². The number of anilines is 1. The van der Waals surface area contributed by atoms with Gasteiger partial charge >= 0.3 is 0 Å². The van der Waals surface area contributed by atoms with Gasteiger partial charge in [0.1, 0.15) is 0 Å². The van der Waals surface area contributed by atoms with Crippen LogP contribution in [0.5, 0.6) is 0 Å². The molecule has 3 N–H and O–H groups in total. The molecule has 5 nitrogen and oxygen atoms in total. The second kappa shape index (κ2) is 5.99. The van der Waals surface area contributed by atoms with Crippen molar-refractivity contribution >= 4 is 23.2 Å². The van der Waals surface area contributed by atoms with E-state index in [-0.39, 0.29) is 11.9 Å². The van der Waals surface area contributed by atoms with E-state index in [2.05, 4.69) is 0 Å². The molecule has 2 rings (SSSR count). The number of likely N-dealkylation sites (tertiary alicyclic amines) is 1. The lowest BCUT2D eigenvalue weighted by molar-refractivity contribution is 0.0699. The lowest BCUT2D eigenvalue weighted by atomic mass is 10.1. The molecule has 1 fully saturated rings. The van der Waals surface area contributed by atoms with Gasteiger partial charge in [-0.1, -0.05) is 11.6 Å². The number of hydrogen-bond donors (Lipinski definition) is 2. The van der Waals surface area contributed by atoms with Gasteiger partial charge in [0.2, 0.25) is 0 Å². The average molecular weight is 298 g/mol. The summed E-state index contributed by atoms with van der Waals surface area (Å²) in [5, 5.41) is 10.2. The molecule has 0 saturated carbocycles. The van der Waals surface area contributed by atoms with Crippen molar-refractivity contribution in [3.8, 4) is 0 Å². The Morgan fingerprint density at radius 1 is 1.55 bits per heavy atom. The predicted octanol–water partition coefficient (Wildman–Crippen LogP) is 1.06. The predicted molar refractivity (Wildman–Crippen MR) is 79.9 cm³/mol. The molecule has 0 spiro atoms. The topological polar surface area (TPSA) is 69.8 Å². The van der Waals surface area contributed by atoms with Crippen LogP contribution in [0.4, 0.5) is 5.69 Å². The van der Waals surface area contributed by atoms with Gasteiger partial charge in [-0.3, -0.25) is 4.79 Å². The molecular formula is C14H20ClN3O2. The van der Waals surface area contributed by atoms with Crippen LogP contribution in [-0.4, -0.2) is 60.1 Å². The fourth-order valence-electron chi connectivity index (χ4n) is 2.56. The molecule has 0 bridgehead atoms. The summed E-state index contributed by atoms with van der Waals surface area (Å²) in [6, 6.07) is 4.89. The van der Waals surface area contributed by atoms with Gasteiger partial charge in [-0.2, -0.15) is 0 Å². The van der Waals surface area contributed by atoms with Crippen LogP contribution in [0.2, 0.25) is 5.02 Å². The summed E-state index contributed by atoms with van der Waals surface area (Å²) in [5.41, 5.74) is 6.61. The highest BCUT2D eigenvalue weighted by Crippen LogP contribution is 2.24. The maximum atomic E-state index is 12.5. The zero-order chi connectivity index (χ0) is 14.9. The third-order valence-corrected chi connectivity index (χ3v) is 3.80. The number of nitrogens with two attached hydrogens (primary N) is 1. The molecule has 1 aliphatic heterocycles. The Bertz CT molecular complexity index is 507. The lowest BCUT2D eigenvalue weighted by Crippen LogP contribution is -2.41. The summed E-state index contributed by atoms with van der Waals surface area (Å²) in [5.74, 6) is -0.115. The van der Waals surface area contributed by atoms with E-state index in [4.69, 9.17) is 17.3 Å². The fraction of sp³-hybridized carbons (Fsp3) is 0.500. The number of amides is 1. The first kappa shape index (κ1) is 15.1. The van der Waals surface area contributed by atoms with Crippen molar-refractivity contribution < 1.29 is 9.90 Å². The molecule has 1 saturated heterocycles. The Morgan fingerprint density at radius 2 is 2.25 bits per heavy atom. The molecule has 1 heterocycles. The van der Waals surface area contributed by atoms with E-state index in [1.165, 1.54) is 0 Å². The number of nitrogens with zero attached hydrogens (tertiary/aromatic N) is 2. The first-order valence-corrected chi connectivity index (χ1v) is 6.95. The van der Waals surface area contributed by atoms with Crippen LogP contribution in [0.15, 0.2) is 18.2 Å². The summed E-state index contributed by atoms with van der Waals surface area (Å²) in [6.45, 7) is 1.09. The third kappa shape index (κ3) is 3.23. The minimum Gasteiger partial charge on any atom is -0.398 e. The van der Waals surface area contributed by atoms with Crippen LogP contribution in [0.1, 0.15) is 16.8 Å². The number of carbonyl (C=O) groups is 1. The zero-order valence-electron chi connectivity index (χ0n) is 11.7. The second-order valence-electron chi connectivity index (χ2n) is 5.50. The largest absolute Gasteiger partial charge is 0.398 e. The Kier molecular flexibility index (Phi) is 4.52. The number of carbonyl (C=O) groups excluding carboxylic acids is 1. The van der Waals surface area contributed by atoms with Gasteiger partial charge in [0.05, 0.1) is 16.8 Å². The zero-order valence-corrected chi connectivity index (χ0v) is 12.5. The van der Waals surface area contributed by atoms with Gasteiger partial charge in [-0.05, 0) is 38.7 Å². The monoisotopic (exact) mass is 297 g/mol. The molecule has 1 aromatic rings. The van der Waals surface area contributed by atoms with E-state index < -0.39 is 6.10 Å². The normalized spacial score (nSPS) is 22.6. The lowest BCUT2D eigenvalue weighted by Gasteiger charge is -2.27. The van der Waals surface area contributed by atoms with Gasteiger partial charge in [0, 0.05) is 24.7 Å². The number of rotatable bonds is 3. The minimum absolute atomic E-state index is 0.0174. The molecule has 1 aliphatic rings. The summed E-state index contributed by atoms with van der Waals surface area (Å²) in [6.07, 6.45) is 0.139. The summed E-state index contributed by atoms with van der Waals surface area (Å²) < 4.78 is 0. The molecule has 0 aromatic heterocycles. The Balaban J connectivity index is 2.19. The smallest absolute Gasteiger partial charge is 0.254 e. The number of aliphatic hydroxyl groups is 1.